The van der Waals surface area contributed by atoms with Crippen LogP contribution in [0.1, 0.15) is 26.3 Å². The van der Waals surface area contributed by atoms with Crippen LogP contribution in [0.25, 0.3) is 0 Å². The molecule has 0 aliphatic rings. The summed E-state index contributed by atoms with van der Waals surface area (Å²) in [6.07, 6.45) is 0. The van der Waals surface area contributed by atoms with Gasteiger partial charge in [0, 0.05) is 13.5 Å². The van der Waals surface area contributed by atoms with E-state index < -0.39 is 16.1 Å². The van der Waals surface area contributed by atoms with E-state index in [0.717, 1.165) is 0 Å². The van der Waals surface area contributed by atoms with E-state index in [4.69, 9.17) is 0 Å². The van der Waals surface area contributed by atoms with Crippen LogP contribution >= 0.6 is 0 Å². The van der Waals surface area contributed by atoms with Gasteiger partial charge in [-0.05, 0) is 30.7 Å². The van der Waals surface area contributed by atoms with Gasteiger partial charge in [-0.25, -0.2) is 13.1 Å². The summed E-state index contributed by atoms with van der Waals surface area (Å²) in [5.74, 6) is -0.645. The van der Waals surface area contributed by atoms with Gasteiger partial charge in [-0.15, -0.1) is 0 Å². The van der Waals surface area contributed by atoms with Crippen LogP contribution in [0.15, 0.2) is 29.2 Å². The molecule has 1 rings (SSSR count). The van der Waals surface area contributed by atoms with Gasteiger partial charge >= 0.3 is 0 Å². The molecular formula is C15H23N3O4S. The van der Waals surface area contributed by atoms with Gasteiger partial charge in [0.15, 0.2) is 0 Å². The van der Waals surface area contributed by atoms with Gasteiger partial charge in [-0.3, -0.25) is 9.59 Å². The van der Waals surface area contributed by atoms with E-state index in [9.17, 15) is 18.0 Å². The predicted molar refractivity (Wildman–Crippen MR) is 87.0 cm³/mol. The van der Waals surface area contributed by atoms with E-state index in [2.05, 4.69) is 15.4 Å². The largest absolute Gasteiger partial charge is 0.350 e. The van der Waals surface area contributed by atoms with Gasteiger partial charge in [0.1, 0.15) is 6.04 Å². The van der Waals surface area contributed by atoms with Gasteiger partial charge in [0.2, 0.25) is 21.8 Å². The molecule has 0 bridgehead atoms. The first-order valence-corrected chi connectivity index (χ1v) is 8.73. The lowest BCUT2D eigenvalue weighted by Gasteiger charge is -2.21. The Morgan fingerprint density at radius 1 is 1.22 bits per heavy atom. The number of sulfonamides is 1. The van der Waals surface area contributed by atoms with Gasteiger partial charge in [-0.2, -0.15) is 0 Å². The van der Waals surface area contributed by atoms with E-state index in [1.165, 1.54) is 26.1 Å². The number of hydrogen-bond acceptors (Lipinski definition) is 4. The number of carbonyl (C=O) groups is 2. The first-order chi connectivity index (χ1) is 10.7. The molecular weight excluding hydrogens is 318 g/mol. The summed E-state index contributed by atoms with van der Waals surface area (Å²) in [4.78, 5) is 23.5. The molecule has 0 spiro atoms. The minimum Gasteiger partial charge on any atom is -0.350 e. The standard InChI is InChI=1S/C15H23N3O4S/c1-10(2)14(18-11(3)19)15(20)17-9-12-6-5-7-13(8-12)23(21,22)16-4/h5-8,10,14,16H,9H2,1-4H3,(H,17,20)(H,18,19). The molecule has 0 aliphatic carbocycles. The summed E-state index contributed by atoms with van der Waals surface area (Å²) >= 11 is 0. The quantitative estimate of drug-likeness (QED) is 0.666. The van der Waals surface area contributed by atoms with Crippen LogP contribution in [0.5, 0.6) is 0 Å². The summed E-state index contributed by atoms with van der Waals surface area (Å²) in [6, 6.07) is 5.68. The molecule has 2 amide bonds. The summed E-state index contributed by atoms with van der Waals surface area (Å²) in [6.45, 7) is 5.20. The number of amides is 2. The fourth-order valence-electron chi connectivity index (χ4n) is 1.99. The second-order valence-electron chi connectivity index (χ2n) is 5.49. The lowest BCUT2D eigenvalue weighted by Crippen LogP contribution is -2.48. The molecule has 1 aromatic carbocycles. The zero-order valence-corrected chi connectivity index (χ0v) is 14.5. The van der Waals surface area contributed by atoms with Gasteiger partial charge in [0.05, 0.1) is 4.90 Å². The smallest absolute Gasteiger partial charge is 0.243 e. The van der Waals surface area contributed by atoms with Crippen molar-refractivity contribution in [2.45, 2.75) is 38.3 Å². The first kappa shape index (κ1) is 19.1. The molecule has 23 heavy (non-hydrogen) atoms. The summed E-state index contributed by atoms with van der Waals surface area (Å²) in [7, 11) is -2.19. The molecule has 0 aliphatic heterocycles. The number of benzene rings is 1. The summed E-state index contributed by atoms with van der Waals surface area (Å²) < 4.78 is 25.8. The normalized spacial score (nSPS) is 12.7. The monoisotopic (exact) mass is 341 g/mol. The van der Waals surface area contributed by atoms with Crippen molar-refractivity contribution in [3.05, 3.63) is 29.8 Å². The maximum Gasteiger partial charge on any atom is 0.243 e. The maximum atomic E-state index is 12.2. The third-order valence-corrected chi connectivity index (χ3v) is 4.66. The van der Waals surface area contributed by atoms with Crippen molar-refractivity contribution in [1.82, 2.24) is 15.4 Å². The molecule has 0 saturated heterocycles. The number of hydrogen-bond donors (Lipinski definition) is 3. The van der Waals surface area contributed by atoms with Crippen molar-refractivity contribution < 1.29 is 18.0 Å². The lowest BCUT2D eigenvalue weighted by atomic mass is 10.0. The highest BCUT2D eigenvalue weighted by Gasteiger charge is 2.22. The Balaban J connectivity index is 2.80. The molecule has 0 fully saturated rings. The van der Waals surface area contributed by atoms with Crippen molar-refractivity contribution in [2.75, 3.05) is 7.05 Å². The highest BCUT2D eigenvalue weighted by atomic mass is 32.2. The molecule has 1 atom stereocenters. The Kier molecular flexibility index (Phi) is 6.71. The van der Waals surface area contributed by atoms with E-state index in [1.54, 1.807) is 12.1 Å². The number of carbonyl (C=O) groups excluding carboxylic acids is 2. The highest BCUT2D eigenvalue weighted by molar-refractivity contribution is 7.89. The molecule has 3 N–H and O–H groups in total. The van der Waals surface area contributed by atoms with Crippen LogP contribution in [-0.4, -0.2) is 33.3 Å². The molecule has 1 aromatic rings. The van der Waals surface area contributed by atoms with E-state index in [1.807, 2.05) is 13.8 Å². The lowest BCUT2D eigenvalue weighted by molar-refractivity contribution is -0.129. The van der Waals surface area contributed by atoms with Crippen LogP contribution in [-0.2, 0) is 26.2 Å². The maximum absolute atomic E-state index is 12.2. The third kappa shape index (κ3) is 5.65. The second kappa shape index (κ2) is 8.07. The fraction of sp³-hybridized carbons (Fsp3) is 0.467. The molecule has 8 heteroatoms. The van der Waals surface area contributed by atoms with E-state index in [-0.39, 0.29) is 29.2 Å². The van der Waals surface area contributed by atoms with E-state index in [0.29, 0.717) is 5.56 Å². The predicted octanol–water partition coefficient (Wildman–Crippen LogP) is 0.372. The minimum absolute atomic E-state index is 0.0603. The van der Waals surface area contributed by atoms with Crippen LogP contribution in [0.4, 0.5) is 0 Å². The van der Waals surface area contributed by atoms with Crippen LogP contribution in [0, 0.1) is 5.92 Å². The van der Waals surface area contributed by atoms with Crippen molar-refractivity contribution in [3.63, 3.8) is 0 Å². The van der Waals surface area contributed by atoms with E-state index >= 15 is 0 Å². The Labute approximate surface area is 136 Å². The molecule has 1 unspecified atom stereocenters. The SMILES string of the molecule is CNS(=O)(=O)c1cccc(CNC(=O)C(NC(C)=O)C(C)C)c1. The first-order valence-electron chi connectivity index (χ1n) is 7.24. The Morgan fingerprint density at radius 2 is 1.87 bits per heavy atom. The van der Waals surface area contributed by atoms with Gasteiger partial charge in [-0.1, -0.05) is 26.0 Å². The highest BCUT2D eigenvalue weighted by Crippen LogP contribution is 2.11. The van der Waals surface area contributed by atoms with Crippen molar-refractivity contribution >= 4 is 21.8 Å². The Hall–Kier alpha value is -1.93. The van der Waals surface area contributed by atoms with Crippen molar-refractivity contribution in [3.8, 4) is 0 Å². The average Bonchev–Trinajstić information content (AvgIpc) is 2.50. The zero-order valence-electron chi connectivity index (χ0n) is 13.7. The van der Waals surface area contributed by atoms with Crippen LogP contribution < -0.4 is 15.4 Å². The molecule has 0 saturated carbocycles. The summed E-state index contributed by atoms with van der Waals surface area (Å²) in [5, 5.41) is 5.32. The Morgan fingerprint density at radius 3 is 2.39 bits per heavy atom. The fourth-order valence-corrected chi connectivity index (χ4v) is 2.79. The van der Waals surface area contributed by atoms with Gasteiger partial charge < -0.3 is 10.6 Å². The molecule has 0 radical (unpaired) electrons. The molecule has 128 valence electrons. The summed E-state index contributed by atoms with van der Waals surface area (Å²) in [5.41, 5.74) is 0.653. The third-order valence-electron chi connectivity index (χ3n) is 3.25. The molecule has 0 aromatic heterocycles. The van der Waals surface area contributed by atoms with Gasteiger partial charge in [0.25, 0.3) is 0 Å². The van der Waals surface area contributed by atoms with Crippen molar-refractivity contribution in [1.29, 1.82) is 0 Å². The van der Waals surface area contributed by atoms with Crippen LogP contribution in [0.3, 0.4) is 0 Å². The molecule has 7 nitrogen and oxygen atoms in total. The van der Waals surface area contributed by atoms with Crippen molar-refractivity contribution in [2.24, 2.45) is 5.92 Å². The van der Waals surface area contributed by atoms with Crippen LogP contribution in [0.2, 0.25) is 0 Å². The second-order valence-corrected chi connectivity index (χ2v) is 7.38. The Bertz CT molecular complexity index is 671. The minimum atomic E-state index is -3.52. The average molecular weight is 341 g/mol. The molecule has 0 heterocycles. The zero-order chi connectivity index (χ0) is 17.6. The number of rotatable bonds is 7. The number of nitrogens with one attached hydrogen (secondary N) is 3. The topological polar surface area (TPSA) is 104 Å².